The van der Waals surface area contributed by atoms with Crippen molar-refractivity contribution in [1.82, 2.24) is 0 Å². The van der Waals surface area contributed by atoms with E-state index in [0.717, 1.165) is 38.0 Å². The Morgan fingerprint density at radius 1 is 1.06 bits per heavy atom. The molecular weight excluding hydrogens is 266 g/mol. The number of carbonyl (C=O) groups is 2. The predicted octanol–water partition coefficient (Wildman–Crippen LogP) is 1.33. The SMILES string of the molecule is O=C(O)CC(=O)O.[Na][c]1cc(Cl)cc(Cl)c1. The van der Waals surface area contributed by atoms with E-state index in [1.54, 1.807) is 6.07 Å². The van der Waals surface area contributed by atoms with Gasteiger partial charge in [0.25, 0.3) is 0 Å². The molecule has 0 aromatic heterocycles. The normalized spacial score (nSPS) is 9.00. The summed E-state index contributed by atoms with van der Waals surface area (Å²) in [6.45, 7) is 0. The molecule has 1 aromatic rings. The first kappa shape index (κ1) is 15.7. The zero-order valence-electron chi connectivity index (χ0n) is 8.41. The van der Waals surface area contributed by atoms with Crippen molar-refractivity contribution >= 4 is 65.9 Å². The van der Waals surface area contributed by atoms with Crippen LogP contribution < -0.4 is 2.81 Å². The van der Waals surface area contributed by atoms with Gasteiger partial charge in [0.05, 0.1) is 0 Å². The first-order chi connectivity index (χ1) is 7.31. The van der Waals surface area contributed by atoms with E-state index in [0.29, 0.717) is 0 Å². The van der Waals surface area contributed by atoms with Crippen molar-refractivity contribution in [2.24, 2.45) is 0 Å². The molecule has 1 aromatic carbocycles. The van der Waals surface area contributed by atoms with Crippen LogP contribution >= 0.6 is 23.2 Å². The summed E-state index contributed by atoms with van der Waals surface area (Å²) in [4.78, 5) is 18.9. The molecule has 0 unspecified atom stereocenters. The van der Waals surface area contributed by atoms with Gasteiger partial charge in [-0.05, 0) is 0 Å². The molecule has 0 atom stereocenters. The van der Waals surface area contributed by atoms with Crippen LogP contribution in [0.4, 0.5) is 0 Å². The fraction of sp³-hybridized carbons (Fsp3) is 0.111. The Bertz CT molecular complexity index is 333. The van der Waals surface area contributed by atoms with Gasteiger partial charge >= 0.3 is 94.1 Å². The number of halogens is 2. The first-order valence-corrected chi connectivity index (χ1v) is 5.93. The van der Waals surface area contributed by atoms with Crippen LogP contribution in [0.2, 0.25) is 10.0 Å². The standard InChI is InChI=1S/C6H3Cl2.C3H4O4.Na/c7-5-2-1-3-6(8)4-5;4-2(5)1-3(6)7;/h2-4H;1H2,(H,4,5)(H,6,7);. The van der Waals surface area contributed by atoms with Crippen LogP contribution in [-0.2, 0) is 9.59 Å². The van der Waals surface area contributed by atoms with E-state index in [4.69, 9.17) is 33.4 Å². The van der Waals surface area contributed by atoms with E-state index in [2.05, 4.69) is 0 Å². The van der Waals surface area contributed by atoms with Crippen LogP contribution in [0, 0.1) is 0 Å². The second-order valence-corrected chi connectivity index (χ2v) is 4.94. The van der Waals surface area contributed by atoms with Gasteiger partial charge in [-0.3, -0.25) is 9.59 Å². The molecule has 2 N–H and O–H groups in total. The Morgan fingerprint density at radius 2 is 1.44 bits per heavy atom. The Kier molecular flexibility index (Phi) is 7.80. The summed E-state index contributed by atoms with van der Waals surface area (Å²) < 4.78 is 1.23. The summed E-state index contributed by atoms with van der Waals surface area (Å²) >= 11 is 12.4. The quantitative estimate of drug-likeness (QED) is 0.629. The summed E-state index contributed by atoms with van der Waals surface area (Å²) in [5, 5.41) is 16.9. The summed E-state index contributed by atoms with van der Waals surface area (Å²) in [6, 6.07) is 5.60. The van der Waals surface area contributed by atoms with Crippen LogP contribution in [0.5, 0.6) is 0 Å². The van der Waals surface area contributed by atoms with Crippen LogP contribution in [0.15, 0.2) is 18.2 Å². The van der Waals surface area contributed by atoms with Crippen LogP contribution in [0.3, 0.4) is 0 Å². The van der Waals surface area contributed by atoms with Gasteiger partial charge in [-0.25, -0.2) is 0 Å². The molecule has 0 aliphatic rings. The molecule has 4 nitrogen and oxygen atoms in total. The van der Waals surface area contributed by atoms with E-state index in [1.807, 2.05) is 12.1 Å². The van der Waals surface area contributed by atoms with Crippen molar-refractivity contribution in [2.45, 2.75) is 6.42 Å². The zero-order valence-corrected chi connectivity index (χ0v) is 11.9. The number of carboxylic acids is 2. The fourth-order valence-electron chi connectivity index (χ4n) is 0.821. The minimum absolute atomic E-state index is 0.729. The van der Waals surface area contributed by atoms with Gasteiger partial charge in [0, 0.05) is 0 Å². The van der Waals surface area contributed by atoms with Gasteiger partial charge in [-0.1, -0.05) is 0 Å². The first-order valence-electron chi connectivity index (χ1n) is 4.17. The van der Waals surface area contributed by atoms with Gasteiger partial charge in [-0.15, -0.1) is 0 Å². The number of rotatable bonds is 2. The Labute approximate surface area is 120 Å². The summed E-state index contributed by atoms with van der Waals surface area (Å²) in [6.07, 6.45) is -0.806. The zero-order chi connectivity index (χ0) is 12.7. The van der Waals surface area contributed by atoms with Gasteiger partial charge in [-0.2, -0.15) is 0 Å². The molecule has 0 aliphatic heterocycles. The summed E-state index contributed by atoms with van der Waals surface area (Å²) in [5.74, 6) is -2.62. The van der Waals surface area contributed by atoms with Crippen molar-refractivity contribution in [2.75, 3.05) is 0 Å². The Hall–Kier alpha value is -0.260. The molecule has 0 bridgehead atoms. The number of hydrogen-bond acceptors (Lipinski definition) is 2. The molecule has 0 radical (unpaired) electrons. The molecule has 16 heavy (non-hydrogen) atoms. The third-order valence-electron chi connectivity index (χ3n) is 1.31. The summed E-state index contributed by atoms with van der Waals surface area (Å²) in [7, 11) is 0. The molecule has 1 rings (SSSR count). The van der Waals surface area contributed by atoms with E-state index in [1.165, 1.54) is 2.81 Å². The van der Waals surface area contributed by atoms with Crippen LogP contribution in [0.1, 0.15) is 6.42 Å². The molecule has 7 heteroatoms. The maximum absolute atomic E-state index is 9.43. The molecule has 82 valence electrons. The van der Waals surface area contributed by atoms with E-state index in [9.17, 15) is 9.59 Å². The van der Waals surface area contributed by atoms with Crippen LogP contribution in [-0.4, -0.2) is 50.1 Å². The van der Waals surface area contributed by atoms with Gasteiger partial charge in [0.2, 0.25) is 0 Å². The fourth-order valence-corrected chi connectivity index (χ4v) is 2.44. The van der Waals surface area contributed by atoms with Crippen LogP contribution in [0.25, 0.3) is 0 Å². The number of aliphatic carboxylic acids is 2. The number of hydrogen-bond donors (Lipinski definition) is 2. The molecule has 0 aliphatic carbocycles. The monoisotopic (exact) mass is 272 g/mol. The molecule has 0 amide bonds. The Balaban J connectivity index is 0.000000293. The van der Waals surface area contributed by atoms with Crippen molar-refractivity contribution in [1.29, 1.82) is 0 Å². The third-order valence-corrected chi connectivity index (χ3v) is 2.32. The average Bonchev–Trinajstić information content (AvgIpc) is 1.97. The molecule has 0 heterocycles. The van der Waals surface area contributed by atoms with Crippen molar-refractivity contribution < 1.29 is 19.8 Å². The van der Waals surface area contributed by atoms with Gasteiger partial charge < -0.3 is 10.2 Å². The molecular formula is C9H7Cl2NaO4. The maximum atomic E-state index is 9.43. The summed E-state index contributed by atoms with van der Waals surface area (Å²) in [5.41, 5.74) is 0. The minimum atomic E-state index is -1.31. The second kappa shape index (κ2) is 7.92. The van der Waals surface area contributed by atoms with Crippen molar-refractivity contribution in [3.05, 3.63) is 28.2 Å². The average molecular weight is 273 g/mol. The molecule has 0 fully saturated rings. The Morgan fingerprint density at radius 3 is 1.62 bits per heavy atom. The van der Waals surface area contributed by atoms with Gasteiger partial charge in [0.15, 0.2) is 0 Å². The third kappa shape index (κ3) is 9.00. The second-order valence-electron chi connectivity index (χ2n) is 2.91. The molecule has 0 saturated heterocycles. The van der Waals surface area contributed by atoms with Crippen molar-refractivity contribution in [3.8, 4) is 0 Å². The molecule has 0 spiro atoms. The molecule has 0 saturated carbocycles. The predicted molar refractivity (Wildman–Crippen MR) is 61.7 cm³/mol. The van der Waals surface area contributed by atoms with E-state index in [-0.39, 0.29) is 0 Å². The number of carboxylic acid groups (broad SMARTS) is 2. The van der Waals surface area contributed by atoms with Gasteiger partial charge in [0.1, 0.15) is 6.42 Å². The van der Waals surface area contributed by atoms with Crippen molar-refractivity contribution in [3.63, 3.8) is 0 Å². The number of benzene rings is 1. The van der Waals surface area contributed by atoms with E-state index < -0.39 is 18.4 Å². The topological polar surface area (TPSA) is 74.6 Å². The van der Waals surface area contributed by atoms with E-state index >= 15 is 0 Å².